The molecule has 0 saturated carbocycles. The van der Waals surface area contributed by atoms with E-state index in [1.165, 1.54) is 14.2 Å². The second-order valence-electron chi connectivity index (χ2n) is 5.77. The third-order valence-electron chi connectivity index (χ3n) is 3.99. The van der Waals surface area contributed by atoms with Gasteiger partial charge in [-0.3, -0.25) is 14.6 Å². The zero-order valence-electron chi connectivity index (χ0n) is 15.4. The predicted molar refractivity (Wildman–Crippen MR) is 106 cm³/mol. The lowest BCUT2D eigenvalue weighted by Gasteiger charge is -2.13. The fraction of sp³-hybridized carbons (Fsp3) is 0.0952. The maximum absolute atomic E-state index is 12.7. The van der Waals surface area contributed by atoms with Gasteiger partial charge in [0, 0.05) is 11.8 Å². The number of amides is 2. The summed E-state index contributed by atoms with van der Waals surface area (Å²) in [6, 6.07) is 15.1. The van der Waals surface area contributed by atoms with Gasteiger partial charge in [-0.1, -0.05) is 12.1 Å². The lowest BCUT2D eigenvalue weighted by Crippen LogP contribution is -2.18. The van der Waals surface area contributed by atoms with Gasteiger partial charge < -0.3 is 20.1 Å². The number of methoxy groups -OCH3 is 2. The number of nitrogens with one attached hydrogen (secondary N) is 2. The largest absolute Gasteiger partial charge is 0.493 e. The van der Waals surface area contributed by atoms with Gasteiger partial charge in [0.2, 0.25) is 0 Å². The molecule has 7 heteroatoms. The van der Waals surface area contributed by atoms with Gasteiger partial charge in [-0.05, 0) is 42.5 Å². The van der Waals surface area contributed by atoms with Crippen molar-refractivity contribution in [3.8, 4) is 11.5 Å². The summed E-state index contributed by atoms with van der Waals surface area (Å²) in [5.74, 6) is 0.242. The number of anilines is 2. The van der Waals surface area contributed by atoms with Crippen LogP contribution in [-0.2, 0) is 0 Å². The Morgan fingerprint density at radius 1 is 0.857 bits per heavy atom. The summed E-state index contributed by atoms with van der Waals surface area (Å²) in [7, 11) is 3.02. The molecule has 0 atom stereocenters. The molecule has 1 heterocycles. The standard InChI is InChI=1S/C21H19N3O4/c1-27-18-10-9-14(12-19(18)28-2)20(25)24-17-8-4-3-7-16(17)21(26)23-15-6-5-11-22-13-15/h3-13H,1-2H3,(H,23,26)(H,24,25). The molecule has 0 aliphatic heterocycles. The van der Waals surface area contributed by atoms with Gasteiger partial charge in [0.05, 0.1) is 37.4 Å². The molecule has 3 rings (SSSR count). The number of hydrogen-bond donors (Lipinski definition) is 2. The number of aromatic nitrogens is 1. The van der Waals surface area contributed by atoms with E-state index in [2.05, 4.69) is 15.6 Å². The van der Waals surface area contributed by atoms with Crippen LogP contribution >= 0.6 is 0 Å². The first-order valence-electron chi connectivity index (χ1n) is 8.46. The van der Waals surface area contributed by atoms with E-state index >= 15 is 0 Å². The van der Waals surface area contributed by atoms with Crippen LogP contribution in [0.25, 0.3) is 0 Å². The maximum Gasteiger partial charge on any atom is 0.257 e. The van der Waals surface area contributed by atoms with Crippen LogP contribution in [-0.4, -0.2) is 31.0 Å². The van der Waals surface area contributed by atoms with Crippen LogP contribution in [0.5, 0.6) is 11.5 Å². The van der Waals surface area contributed by atoms with Gasteiger partial charge in [-0.15, -0.1) is 0 Å². The quantitative estimate of drug-likeness (QED) is 0.685. The number of rotatable bonds is 6. The number of nitrogens with zero attached hydrogens (tertiary/aromatic N) is 1. The Kier molecular flexibility index (Phi) is 5.86. The highest BCUT2D eigenvalue weighted by Gasteiger charge is 2.16. The van der Waals surface area contributed by atoms with Crippen LogP contribution in [0, 0.1) is 0 Å². The summed E-state index contributed by atoms with van der Waals surface area (Å²) in [6.07, 6.45) is 3.16. The van der Waals surface area contributed by atoms with Crippen LogP contribution < -0.4 is 20.1 Å². The van der Waals surface area contributed by atoms with Gasteiger partial charge >= 0.3 is 0 Å². The van der Waals surface area contributed by atoms with Gasteiger partial charge in [-0.2, -0.15) is 0 Å². The molecule has 0 radical (unpaired) electrons. The Morgan fingerprint density at radius 2 is 1.64 bits per heavy atom. The minimum Gasteiger partial charge on any atom is -0.493 e. The van der Waals surface area contributed by atoms with Gasteiger partial charge in [0.25, 0.3) is 11.8 Å². The Morgan fingerprint density at radius 3 is 2.36 bits per heavy atom. The highest BCUT2D eigenvalue weighted by molar-refractivity contribution is 6.12. The SMILES string of the molecule is COc1ccc(C(=O)Nc2ccccc2C(=O)Nc2cccnc2)cc1OC. The molecule has 0 spiro atoms. The third-order valence-corrected chi connectivity index (χ3v) is 3.99. The second-order valence-corrected chi connectivity index (χ2v) is 5.77. The molecule has 3 aromatic rings. The Balaban J connectivity index is 1.81. The first-order chi connectivity index (χ1) is 13.6. The zero-order chi connectivity index (χ0) is 19.9. The second kappa shape index (κ2) is 8.68. The van der Waals surface area contributed by atoms with Crippen molar-refractivity contribution in [3.63, 3.8) is 0 Å². The lowest BCUT2D eigenvalue weighted by molar-refractivity contribution is 0.102. The summed E-state index contributed by atoms with van der Waals surface area (Å²) >= 11 is 0. The monoisotopic (exact) mass is 377 g/mol. The average molecular weight is 377 g/mol. The molecule has 28 heavy (non-hydrogen) atoms. The molecule has 0 saturated heterocycles. The molecule has 0 aliphatic carbocycles. The van der Waals surface area contributed by atoms with Gasteiger partial charge in [0.15, 0.2) is 11.5 Å². The summed E-state index contributed by atoms with van der Waals surface area (Å²) in [6.45, 7) is 0. The molecule has 0 bridgehead atoms. The summed E-state index contributed by atoms with van der Waals surface area (Å²) < 4.78 is 10.4. The average Bonchev–Trinajstić information content (AvgIpc) is 2.74. The number of ether oxygens (including phenoxy) is 2. The molecule has 0 unspecified atom stereocenters. The normalized spacial score (nSPS) is 10.1. The van der Waals surface area contributed by atoms with E-state index in [4.69, 9.17) is 9.47 Å². The molecule has 0 fully saturated rings. The minimum absolute atomic E-state index is 0.333. The fourth-order valence-corrected chi connectivity index (χ4v) is 2.60. The molecule has 1 aromatic heterocycles. The lowest BCUT2D eigenvalue weighted by atomic mass is 10.1. The van der Waals surface area contributed by atoms with Crippen molar-refractivity contribution in [2.45, 2.75) is 0 Å². The van der Waals surface area contributed by atoms with E-state index in [0.29, 0.717) is 34.0 Å². The zero-order valence-corrected chi connectivity index (χ0v) is 15.4. The van der Waals surface area contributed by atoms with Crippen molar-refractivity contribution in [2.24, 2.45) is 0 Å². The van der Waals surface area contributed by atoms with Crippen molar-refractivity contribution in [1.29, 1.82) is 0 Å². The van der Waals surface area contributed by atoms with Crippen LogP contribution in [0.3, 0.4) is 0 Å². The van der Waals surface area contributed by atoms with E-state index in [1.807, 2.05) is 0 Å². The van der Waals surface area contributed by atoms with Crippen LogP contribution in [0.1, 0.15) is 20.7 Å². The summed E-state index contributed by atoms with van der Waals surface area (Å²) in [5.41, 5.74) is 1.66. The van der Waals surface area contributed by atoms with Gasteiger partial charge in [-0.25, -0.2) is 0 Å². The van der Waals surface area contributed by atoms with E-state index in [9.17, 15) is 9.59 Å². The molecule has 2 amide bonds. The van der Waals surface area contributed by atoms with Crippen LogP contribution in [0.15, 0.2) is 67.0 Å². The number of carbonyl (C=O) groups excluding carboxylic acids is 2. The van der Waals surface area contributed by atoms with E-state index in [1.54, 1.807) is 67.0 Å². The minimum atomic E-state index is -0.373. The first kappa shape index (κ1) is 18.9. The molecular formula is C21H19N3O4. The Labute approximate surface area is 162 Å². The third kappa shape index (κ3) is 4.27. The highest BCUT2D eigenvalue weighted by Crippen LogP contribution is 2.28. The van der Waals surface area contributed by atoms with Gasteiger partial charge in [0.1, 0.15) is 0 Å². The van der Waals surface area contributed by atoms with E-state index in [0.717, 1.165) is 0 Å². The number of para-hydroxylation sites is 1. The van der Waals surface area contributed by atoms with Crippen molar-refractivity contribution in [3.05, 3.63) is 78.1 Å². The van der Waals surface area contributed by atoms with Crippen LogP contribution in [0.2, 0.25) is 0 Å². The highest BCUT2D eigenvalue weighted by atomic mass is 16.5. The topological polar surface area (TPSA) is 89.5 Å². The summed E-state index contributed by atoms with van der Waals surface area (Å²) in [4.78, 5) is 29.2. The molecule has 2 N–H and O–H groups in total. The fourth-order valence-electron chi connectivity index (χ4n) is 2.60. The Bertz CT molecular complexity index is 990. The van der Waals surface area contributed by atoms with E-state index in [-0.39, 0.29) is 11.8 Å². The van der Waals surface area contributed by atoms with Crippen molar-refractivity contribution in [1.82, 2.24) is 4.98 Å². The molecule has 2 aromatic carbocycles. The van der Waals surface area contributed by atoms with Crippen LogP contribution in [0.4, 0.5) is 11.4 Å². The molecule has 7 nitrogen and oxygen atoms in total. The predicted octanol–water partition coefficient (Wildman–Crippen LogP) is 3.60. The van der Waals surface area contributed by atoms with E-state index < -0.39 is 0 Å². The van der Waals surface area contributed by atoms with Crippen molar-refractivity contribution < 1.29 is 19.1 Å². The number of hydrogen-bond acceptors (Lipinski definition) is 5. The number of carbonyl (C=O) groups is 2. The summed E-state index contributed by atoms with van der Waals surface area (Å²) in [5, 5.41) is 5.53. The molecule has 0 aliphatic rings. The molecule has 142 valence electrons. The Hall–Kier alpha value is -3.87. The number of benzene rings is 2. The first-order valence-corrected chi connectivity index (χ1v) is 8.46. The molecular weight excluding hydrogens is 358 g/mol. The smallest absolute Gasteiger partial charge is 0.257 e. The maximum atomic E-state index is 12.7. The number of pyridine rings is 1. The van der Waals surface area contributed by atoms with Crippen molar-refractivity contribution >= 4 is 23.2 Å². The van der Waals surface area contributed by atoms with Crippen molar-refractivity contribution in [2.75, 3.05) is 24.9 Å².